The number of hydrogen-bond donors (Lipinski definition) is 1. The third-order valence-corrected chi connectivity index (χ3v) is 3.88. The fourth-order valence-corrected chi connectivity index (χ4v) is 2.92. The first kappa shape index (κ1) is 12.9. The molecule has 6 nitrogen and oxygen atoms in total. The second kappa shape index (κ2) is 5.90. The van der Waals surface area contributed by atoms with Gasteiger partial charge in [0.1, 0.15) is 6.54 Å². The van der Waals surface area contributed by atoms with Crippen LogP contribution in [0, 0.1) is 5.92 Å². The maximum atomic E-state index is 11.8. The first-order valence-corrected chi connectivity index (χ1v) is 6.82. The average molecular weight is 269 g/mol. The number of amides is 1. The Balaban J connectivity index is 1.89. The van der Waals surface area contributed by atoms with E-state index in [1.807, 2.05) is 0 Å². The molecule has 1 aromatic heterocycles. The molecule has 0 saturated carbocycles. The summed E-state index contributed by atoms with van der Waals surface area (Å²) in [6, 6.07) is 0. The first-order chi connectivity index (χ1) is 8.69. The maximum Gasteiger partial charge on any atom is 0.327 e. The molecule has 0 aromatic carbocycles. The van der Waals surface area contributed by atoms with E-state index < -0.39 is 0 Å². The lowest BCUT2D eigenvalue weighted by Gasteiger charge is -2.07. The SMILES string of the molecule is COC(=O)Cn1cc(NC(=O)C2CCSC2)cn1. The molecule has 1 fully saturated rings. The molecule has 0 spiro atoms. The average Bonchev–Trinajstić information content (AvgIpc) is 3.00. The van der Waals surface area contributed by atoms with Crippen LogP contribution in [-0.2, 0) is 20.9 Å². The highest BCUT2D eigenvalue weighted by Gasteiger charge is 2.23. The lowest BCUT2D eigenvalue weighted by Crippen LogP contribution is -2.22. The van der Waals surface area contributed by atoms with E-state index in [0.717, 1.165) is 17.9 Å². The van der Waals surface area contributed by atoms with E-state index in [4.69, 9.17) is 0 Å². The summed E-state index contributed by atoms with van der Waals surface area (Å²) in [4.78, 5) is 22.9. The highest BCUT2D eigenvalue weighted by Crippen LogP contribution is 2.24. The topological polar surface area (TPSA) is 73.2 Å². The summed E-state index contributed by atoms with van der Waals surface area (Å²) in [5.41, 5.74) is 0.612. The number of carbonyl (C=O) groups excluding carboxylic acids is 2. The Labute approximate surface area is 109 Å². The summed E-state index contributed by atoms with van der Waals surface area (Å²) >= 11 is 1.79. The molecule has 0 radical (unpaired) electrons. The van der Waals surface area contributed by atoms with E-state index in [0.29, 0.717) is 5.69 Å². The van der Waals surface area contributed by atoms with Gasteiger partial charge in [-0.25, -0.2) is 0 Å². The molecule has 1 unspecified atom stereocenters. The number of aromatic nitrogens is 2. The van der Waals surface area contributed by atoms with Crippen LogP contribution in [0.1, 0.15) is 6.42 Å². The van der Waals surface area contributed by atoms with Gasteiger partial charge in [0.25, 0.3) is 0 Å². The molecule has 1 N–H and O–H groups in total. The molecule has 2 rings (SSSR count). The van der Waals surface area contributed by atoms with Crippen molar-refractivity contribution in [3.63, 3.8) is 0 Å². The number of thioether (sulfide) groups is 1. The Bertz CT molecular complexity index is 440. The van der Waals surface area contributed by atoms with Crippen molar-refractivity contribution < 1.29 is 14.3 Å². The molecule has 0 bridgehead atoms. The van der Waals surface area contributed by atoms with Crippen molar-refractivity contribution in [2.24, 2.45) is 5.92 Å². The molecule has 0 aliphatic carbocycles. The zero-order chi connectivity index (χ0) is 13.0. The van der Waals surface area contributed by atoms with Crippen LogP contribution < -0.4 is 5.32 Å². The van der Waals surface area contributed by atoms with Crippen LogP contribution in [0.25, 0.3) is 0 Å². The van der Waals surface area contributed by atoms with Crippen LogP contribution in [0.5, 0.6) is 0 Å². The molecule has 1 aliphatic heterocycles. The van der Waals surface area contributed by atoms with Gasteiger partial charge in [0, 0.05) is 17.9 Å². The number of anilines is 1. The molecule has 2 heterocycles. The molecule has 1 saturated heterocycles. The van der Waals surface area contributed by atoms with Crippen LogP contribution in [-0.4, -0.2) is 40.3 Å². The van der Waals surface area contributed by atoms with Crippen LogP contribution in [0.15, 0.2) is 12.4 Å². The Kier molecular flexibility index (Phi) is 4.24. The molecule has 98 valence electrons. The van der Waals surface area contributed by atoms with Gasteiger partial charge >= 0.3 is 5.97 Å². The summed E-state index contributed by atoms with van der Waals surface area (Å²) in [5, 5.41) is 6.79. The van der Waals surface area contributed by atoms with Crippen molar-refractivity contribution in [1.82, 2.24) is 9.78 Å². The second-order valence-electron chi connectivity index (χ2n) is 4.05. The lowest BCUT2D eigenvalue weighted by atomic mass is 10.1. The van der Waals surface area contributed by atoms with Gasteiger partial charge in [-0.15, -0.1) is 0 Å². The number of nitrogens with zero attached hydrogens (tertiary/aromatic N) is 2. The zero-order valence-electron chi connectivity index (χ0n) is 10.1. The smallest absolute Gasteiger partial charge is 0.327 e. The molecule has 18 heavy (non-hydrogen) atoms. The zero-order valence-corrected chi connectivity index (χ0v) is 10.9. The van der Waals surface area contributed by atoms with Gasteiger partial charge in [0.15, 0.2) is 0 Å². The number of hydrogen-bond acceptors (Lipinski definition) is 5. The first-order valence-electron chi connectivity index (χ1n) is 5.67. The summed E-state index contributed by atoms with van der Waals surface area (Å²) < 4.78 is 5.97. The Morgan fingerprint density at radius 1 is 1.67 bits per heavy atom. The van der Waals surface area contributed by atoms with E-state index >= 15 is 0 Å². The van der Waals surface area contributed by atoms with Gasteiger partial charge in [0.05, 0.1) is 19.0 Å². The van der Waals surface area contributed by atoms with Crippen LogP contribution in [0.4, 0.5) is 5.69 Å². The van der Waals surface area contributed by atoms with E-state index in [9.17, 15) is 9.59 Å². The standard InChI is InChI=1S/C11H15N3O3S/c1-17-10(15)6-14-5-9(4-12-14)13-11(16)8-2-3-18-7-8/h4-5,8H,2-3,6-7H2,1H3,(H,13,16). The second-order valence-corrected chi connectivity index (χ2v) is 5.20. The third-order valence-electron chi connectivity index (χ3n) is 2.72. The minimum atomic E-state index is -0.372. The number of nitrogens with one attached hydrogen (secondary N) is 1. The molecule has 1 atom stereocenters. The highest BCUT2D eigenvalue weighted by molar-refractivity contribution is 7.99. The summed E-state index contributed by atoms with van der Waals surface area (Å²) in [5.74, 6) is 1.65. The van der Waals surface area contributed by atoms with Crippen molar-refractivity contribution in [1.29, 1.82) is 0 Å². The van der Waals surface area contributed by atoms with Crippen molar-refractivity contribution in [2.45, 2.75) is 13.0 Å². The molecule has 1 amide bonds. The Morgan fingerprint density at radius 3 is 3.17 bits per heavy atom. The number of rotatable bonds is 4. The minimum absolute atomic E-state index is 0.0256. The molecule has 1 aliphatic rings. The number of carbonyl (C=O) groups is 2. The van der Waals surface area contributed by atoms with Gasteiger partial charge in [-0.3, -0.25) is 14.3 Å². The predicted molar refractivity (Wildman–Crippen MR) is 68.3 cm³/mol. The molecule has 7 heteroatoms. The molecule has 1 aromatic rings. The van der Waals surface area contributed by atoms with Gasteiger partial charge in [-0.2, -0.15) is 16.9 Å². The van der Waals surface area contributed by atoms with Gasteiger partial charge in [0.2, 0.25) is 5.91 Å². The number of esters is 1. The van der Waals surface area contributed by atoms with Crippen LogP contribution >= 0.6 is 11.8 Å². The van der Waals surface area contributed by atoms with E-state index in [1.54, 1.807) is 18.0 Å². The van der Waals surface area contributed by atoms with Crippen molar-refractivity contribution in [3.8, 4) is 0 Å². The van der Waals surface area contributed by atoms with Crippen LogP contribution in [0.3, 0.4) is 0 Å². The summed E-state index contributed by atoms with van der Waals surface area (Å²) in [6.07, 6.45) is 4.08. The van der Waals surface area contributed by atoms with Gasteiger partial charge in [-0.1, -0.05) is 0 Å². The lowest BCUT2D eigenvalue weighted by molar-refractivity contribution is -0.141. The maximum absolute atomic E-state index is 11.8. The summed E-state index contributed by atoms with van der Waals surface area (Å²) in [7, 11) is 1.33. The fourth-order valence-electron chi connectivity index (χ4n) is 1.70. The Hall–Kier alpha value is -1.50. The Morgan fingerprint density at radius 2 is 2.50 bits per heavy atom. The van der Waals surface area contributed by atoms with Gasteiger partial charge < -0.3 is 10.1 Å². The number of ether oxygens (including phenoxy) is 1. The number of methoxy groups -OCH3 is 1. The third kappa shape index (κ3) is 3.25. The normalized spacial score (nSPS) is 18.6. The van der Waals surface area contributed by atoms with Crippen molar-refractivity contribution >= 4 is 29.3 Å². The van der Waals surface area contributed by atoms with E-state index in [2.05, 4.69) is 15.2 Å². The molecular formula is C11H15N3O3S. The largest absolute Gasteiger partial charge is 0.468 e. The predicted octanol–water partition coefficient (Wildman–Crippen LogP) is 0.748. The highest BCUT2D eigenvalue weighted by atomic mass is 32.2. The summed E-state index contributed by atoms with van der Waals surface area (Å²) in [6.45, 7) is 0.0473. The van der Waals surface area contributed by atoms with E-state index in [1.165, 1.54) is 18.0 Å². The van der Waals surface area contributed by atoms with Crippen molar-refractivity contribution in [2.75, 3.05) is 23.9 Å². The molecular weight excluding hydrogens is 254 g/mol. The quantitative estimate of drug-likeness (QED) is 0.816. The van der Waals surface area contributed by atoms with Crippen molar-refractivity contribution in [3.05, 3.63) is 12.4 Å². The van der Waals surface area contributed by atoms with E-state index in [-0.39, 0.29) is 24.3 Å². The monoisotopic (exact) mass is 269 g/mol. The van der Waals surface area contributed by atoms with Gasteiger partial charge in [-0.05, 0) is 12.2 Å². The fraction of sp³-hybridized carbons (Fsp3) is 0.545. The van der Waals surface area contributed by atoms with Crippen LogP contribution in [0.2, 0.25) is 0 Å². The minimum Gasteiger partial charge on any atom is -0.468 e.